The molecule has 3 nitrogen and oxygen atoms in total. The van der Waals surface area contributed by atoms with Crippen molar-refractivity contribution in [3.8, 4) is 11.6 Å². The highest BCUT2D eigenvalue weighted by Crippen LogP contribution is 2.26. The second-order valence-electron chi connectivity index (χ2n) is 4.40. The molecule has 0 fully saturated rings. The first-order valence-electron chi connectivity index (χ1n) is 6.32. The van der Waals surface area contributed by atoms with Gasteiger partial charge >= 0.3 is 0 Å². The Kier molecular flexibility index (Phi) is 4.93. The van der Waals surface area contributed by atoms with E-state index in [9.17, 15) is 0 Å². The molecule has 0 aliphatic heterocycles. The van der Waals surface area contributed by atoms with Crippen molar-refractivity contribution in [2.24, 2.45) is 5.73 Å². The molecule has 1 aromatic heterocycles. The Morgan fingerprint density at radius 1 is 1.32 bits per heavy atom. The van der Waals surface area contributed by atoms with Crippen molar-refractivity contribution in [1.82, 2.24) is 4.98 Å². The second-order valence-corrected chi connectivity index (χ2v) is 5.32. The molecule has 2 rings (SSSR count). The van der Waals surface area contributed by atoms with Crippen LogP contribution in [0.15, 0.2) is 47.1 Å². The number of benzene rings is 1. The van der Waals surface area contributed by atoms with Crippen molar-refractivity contribution >= 4 is 15.9 Å². The summed E-state index contributed by atoms with van der Waals surface area (Å²) in [6, 6.07) is 11.8. The molecule has 4 heteroatoms. The predicted octanol–water partition coefficient (Wildman–Crippen LogP) is 3.92. The van der Waals surface area contributed by atoms with E-state index >= 15 is 0 Å². The summed E-state index contributed by atoms with van der Waals surface area (Å²) in [6.45, 7) is 2.08. The fourth-order valence-corrected chi connectivity index (χ4v) is 2.12. The van der Waals surface area contributed by atoms with Crippen LogP contribution in [0, 0.1) is 0 Å². The number of ether oxygens (including phenoxy) is 1. The number of halogens is 1. The van der Waals surface area contributed by atoms with Crippen LogP contribution in [-0.2, 0) is 6.42 Å². The van der Waals surface area contributed by atoms with Crippen molar-refractivity contribution in [2.45, 2.75) is 25.8 Å². The molecule has 0 aliphatic carbocycles. The molecule has 1 heterocycles. The van der Waals surface area contributed by atoms with Crippen molar-refractivity contribution < 1.29 is 4.74 Å². The van der Waals surface area contributed by atoms with Gasteiger partial charge in [-0.25, -0.2) is 4.98 Å². The Morgan fingerprint density at radius 2 is 2.16 bits per heavy atom. The van der Waals surface area contributed by atoms with Crippen LogP contribution in [0.25, 0.3) is 0 Å². The Morgan fingerprint density at radius 3 is 2.89 bits per heavy atom. The summed E-state index contributed by atoms with van der Waals surface area (Å²) in [6.07, 6.45) is 3.44. The van der Waals surface area contributed by atoms with E-state index in [0.29, 0.717) is 5.88 Å². The summed E-state index contributed by atoms with van der Waals surface area (Å²) >= 11 is 3.43. The van der Waals surface area contributed by atoms with Crippen LogP contribution in [0.2, 0.25) is 0 Å². The van der Waals surface area contributed by atoms with Crippen molar-refractivity contribution in [1.29, 1.82) is 0 Å². The van der Waals surface area contributed by atoms with Crippen LogP contribution in [-0.4, -0.2) is 11.0 Å². The van der Waals surface area contributed by atoms with Gasteiger partial charge in [-0.15, -0.1) is 0 Å². The molecule has 100 valence electrons. The van der Waals surface area contributed by atoms with E-state index < -0.39 is 0 Å². The van der Waals surface area contributed by atoms with E-state index in [1.54, 1.807) is 6.20 Å². The zero-order valence-electron chi connectivity index (χ0n) is 10.8. The number of pyridine rings is 1. The van der Waals surface area contributed by atoms with Gasteiger partial charge in [-0.2, -0.15) is 0 Å². The van der Waals surface area contributed by atoms with Crippen molar-refractivity contribution in [2.75, 3.05) is 0 Å². The summed E-state index contributed by atoms with van der Waals surface area (Å²) < 4.78 is 6.82. The van der Waals surface area contributed by atoms with Crippen molar-refractivity contribution in [3.05, 3.63) is 52.6 Å². The van der Waals surface area contributed by atoms with Gasteiger partial charge < -0.3 is 10.5 Å². The molecule has 2 aromatic rings. The quantitative estimate of drug-likeness (QED) is 0.908. The average molecular weight is 321 g/mol. The van der Waals surface area contributed by atoms with Gasteiger partial charge in [0.05, 0.1) is 0 Å². The van der Waals surface area contributed by atoms with E-state index in [1.807, 2.05) is 36.4 Å². The first-order chi connectivity index (χ1) is 9.19. The Balaban J connectivity index is 2.20. The zero-order valence-corrected chi connectivity index (χ0v) is 12.4. The highest BCUT2D eigenvalue weighted by atomic mass is 79.9. The maximum Gasteiger partial charge on any atom is 0.222 e. The second kappa shape index (κ2) is 6.68. The molecule has 0 spiro atoms. The number of hydrogen-bond acceptors (Lipinski definition) is 3. The lowest BCUT2D eigenvalue weighted by atomic mass is 10.1. The van der Waals surface area contributed by atoms with Crippen LogP contribution in [0.5, 0.6) is 11.6 Å². The summed E-state index contributed by atoms with van der Waals surface area (Å²) in [4.78, 5) is 4.30. The lowest BCUT2D eigenvalue weighted by Crippen LogP contribution is -2.21. The fraction of sp³-hybridized carbons (Fsp3) is 0.267. The molecule has 1 unspecified atom stereocenters. The van der Waals surface area contributed by atoms with Crippen molar-refractivity contribution in [3.63, 3.8) is 0 Å². The monoisotopic (exact) mass is 320 g/mol. The topological polar surface area (TPSA) is 48.1 Å². The van der Waals surface area contributed by atoms with Gasteiger partial charge in [0, 0.05) is 22.3 Å². The molecular formula is C15H17BrN2O. The zero-order chi connectivity index (χ0) is 13.7. The van der Waals surface area contributed by atoms with Crippen LogP contribution >= 0.6 is 15.9 Å². The fourth-order valence-electron chi connectivity index (χ4n) is 1.74. The normalized spacial score (nSPS) is 12.2. The third-order valence-corrected chi connectivity index (χ3v) is 3.36. The first-order valence-corrected chi connectivity index (χ1v) is 7.11. The highest BCUT2D eigenvalue weighted by molar-refractivity contribution is 9.10. The molecular weight excluding hydrogens is 304 g/mol. The van der Waals surface area contributed by atoms with Crippen LogP contribution in [0.3, 0.4) is 0 Å². The number of hydrogen-bond donors (Lipinski definition) is 1. The van der Waals surface area contributed by atoms with Gasteiger partial charge in [-0.3, -0.25) is 0 Å². The lowest BCUT2D eigenvalue weighted by Gasteiger charge is -2.13. The molecule has 0 saturated carbocycles. The number of aromatic nitrogens is 1. The number of nitrogens with zero attached hydrogens (tertiary/aromatic N) is 1. The van der Waals surface area contributed by atoms with E-state index in [2.05, 4.69) is 27.8 Å². The summed E-state index contributed by atoms with van der Waals surface area (Å²) in [5.41, 5.74) is 7.04. The maximum absolute atomic E-state index is 6.00. The van der Waals surface area contributed by atoms with E-state index in [0.717, 1.165) is 28.6 Å². The van der Waals surface area contributed by atoms with E-state index in [1.165, 1.54) is 0 Å². The molecule has 2 N–H and O–H groups in total. The van der Waals surface area contributed by atoms with Gasteiger partial charge in [-0.05, 0) is 37.1 Å². The van der Waals surface area contributed by atoms with Gasteiger partial charge in [0.25, 0.3) is 0 Å². The molecule has 0 amide bonds. The number of nitrogens with two attached hydrogens (primary N) is 1. The van der Waals surface area contributed by atoms with Gasteiger partial charge in [0.15, 0.2) is 0 Å². The molecule has 0 bridgehead atoms. The summed E-state index contributed by atoms with van der Waals surface area (Å²) in [5.74, 6) is 1.39. The summed E-state index contributed by atoms with van der Waals surface area (Å²) in [5, 5.41) is 0. The smallest absolute Gasteiger partial charge is 0.222 e. The van der Waals surface area contributed by atoms with E-state index in [4.69, 9.17) is 10.5 Å². The largest absolute Gasteiger partial charge is 0.439 e. The van der Waals surface area contributed by atoms with Gasteiger partial charge in [0.2, 0.25) is 5.88 Å². The molecule has 0 saturated heterocycles. The minimum atomic E-state index is 0.133. The average Bonchev–Trinajstić information content (AvgIpc) is 2.41. The molecule has 1 atom stereocenters. The standard InChI is InChI=1S/C15H17BrN2O/c1-2-13(17)9-11-5-4-8-18-15(11)19-14-7-3-6-12(16)10-14/h3-8,10,13H,2,9,17H2,1H3. The molecule has 1 aromatic carbocycles. The van der Waals surface area contributed by atoms with Gasteiger partial charge in [0.1, 0.15) is 5.75 Å². The Bertz CT molecular complexity index is 545. The third kappa shape index (κ3) is 4.04. The molecule has 0 aliphatic rings. The SMILES string of the molecule is CCC(N)Cc1cccnc1Oc1cccc(Br)c1. The maximum atomic E-state index is 6.00. The first kappa shape index (κ1) is 14.0. The molecule has 0 radical (unpaired) electrons. The highest BCUT2D eigenvalue weighted by Gasteiger charge is 2.09. The summed E-state index contributed by atoms with van der Waals surface area (Å²) in [7, 11) is 0. The van der Waals surface area contributed by atoms with Gasteiger partial charge in [-0.1, -0.05) is 35.0 Å². The minimum absolute atomic E-state index is 0.133. The Hall–Kier alpha value is -1.39. The Labute approximate surface area is 121 Å². The predicted molar refractivity (Wildman–Crippen MR) is 80.4 cm³/mol. The van der Waals surface area contributed by atoms with Crippen LogP contribution in [0.1, 0.15) is 18.9 Å². The van der Waals surface area contributed by atoms with Crippen LogP contribution in [0.4, 0.5) is 0 Å². The molecule has 19 heavy (non-hydrogen) atoms. The lowest BCUT2D eigenvalue weighted by molar-refractivity contribution is 0.452. The van der Waals surface area contributed by atoms with E-state index in [-0.39, 0.29) is 6.04 Å². The minimum Gasteiger partial charge on any atom is -0.439 e. The van der Waals surface area contributed by atoms with Crippen LogP contribution < -0.4 is 10.5 Å². The third-order valence-electron chi connectivity index (χ3n) is 2.87. The number of rotatable bonds is 5.